The molecule has 0 saturated heterocycles. The summed E-state index contributed by atoms with van der Waals surface area (Å²) in [5.74, 6) is -0.515. The number of hydrogen-bond acceptors (Lipinski definition) is 2. The van der Waals surface area contributed by atoms with Crippen molar-refractivity contribution < 1.29 is 9.59 Å². The van der Waals surface area contributed by atoms with E-state index < -0.39 is 0 Å². The lowest BCUT2D eigenvalue weighted by atomic mass is 10.1. The van der Waals surface area contributed by atoms with Crippen molar-refractivity contribution in [3.8, 4) is 0 Å². The first-order chi connectivity index (χ1) is 11.3. The molecule has 2 aromatic carbocycles. The summed E-state index contributed by atoms with van der Waals surface area (Å²) < 4.78 is 0.886. The summed E-state index contributed by atoms with van der Waals surface area (Å²) in [7, 11) is 1.59. The van der Waals surface area contributed by atoms with Crippen LogP contribution in [0, 0.1) is 10.5 Å². The van der Waals surface area contributed by atoms with Crippen LogP contribution in [0.5, 0.6) is 0 Å². The van der Waals surface area contributed by atoms with Gasteiger partial charge in [-0.15, -0.1) is 0 Å². The molecular weight excluding hydrogens is 462 g/mol. The molecule has 0 unspecified atom stereocenters. The highest BCUT2D eigenvalue weighted by molar-refractivity contribution is 14.1. The molecule has 24 heavy (non-hydrogen) atoms. The molecule has 2 aromatic rings. The zero-order chi connectivity index (χ0) is 17.9. The first kappa shape index (κ1) is 19.0. The molecule has 0 spiro atoms. The van der Waals surface area contributed by atoms with E-state index in [-0.39, 0.29) is 18.4 Å². The Morgan fingerprint density at radius 3 is 2.54 bits per heavy atom. The molecule has 7 heteroatoms. The smallest absolute Gasteiger partial charge is 0.255 e. The normalized spacial score (nSPS) is 10.4. The zero-order valence-electron chi connectivity index (χ0n) is 13.1. The monoisotopic (exact) mass is 476 g/mol. The molecule has 0 fully saturated rings. The number of benzene rings is 2. The standard InChI is InChI=1S/C17H15Cl2IN2O2/c1-10-4-3-5-12(16(10)20)17(24)22(2)9-15(23)21-11-6-7-13(18)14(19)8-11/h3-8H,9H2,1-2H3,(H,21,23). The van der Waals surface area contributed by atoms with Gasteiger partial charge in [0.1, 0.15) is 0 Å². The molecule has 0 aliphatic heterocycles. The van der Waals surface area contributed by atoms with Crippen LogP contribution in [-0.2, 0) is 4.79 Å². The Morgan fingerprint density at radius 2 is 1.88 bits per heavy atom. The van der Waals surface area contributed by atoms with E-state index in [9.17, 15) is 9.59 Å². The van der Waals surface area contributed by atoms with Gasteiger partial charge >= 0.3 is 0 Å². The van der Waals surface area contributed by atoms with Crippen molar-refractivity contribution in [2.45, 2.75) is 6.92 Å². The Bertz CT molecular complexity index is 796. The number of halogens is 3. The fourth-order valence-electron chi connectivity index (χ4n) is 2.08. The lowest BCUT2D eigenvalue weighted by Gasteiger charge is -2.18. The third-order valence-corrected chi connectivity index (χ3v) is 5.52. The second-order valence-corrected chi connectivity index (χ2v) is 7.17. The second kappa shape index (κ2) is 8.18. The topological polar surface area (TPSA) is 49.4 Å². The van der Waals surface area contributed by atoms with E-state index in [1.54, 1.807) is 31.3 Å². The summed E-state index contributed by atoms with van der Waals surface area (Å²) in [4.78, 5) is 26.0. The molecule has 126 valence electrons. The Morgan fingerprint density at radius 1 is 1.17 bits per heavy atom. The molecule has 1 N–H and O–H groups in total. The average molecular weight is 477 g/mol. The summed E-state index contributed by atoms with van der Waals surface area (Å²) in [5.41, 5.74) is 2.14. The third kappa shape index (κ3) is 4.62. The number of carbonyl (C=O) groups excluding carboxylic acids is 2. The van der Waals surface area contributed by atoms with Gasteiger partial charge in [-0.2, -0.15) is 0 Å². The first-order valence-corrected chi connectivity index (χ1v) is 8.88. The van der Waals surface area contributed by atoms with Gasteiger partial charge in [0.2, 0.25) is 5.91 Å². The number of likely N-dealkylation sites (N-methyl/N-ethyl adjacent to an activating group) is 1. The second-order valence-electron chi connectivity index (χ2n) is 5.27. The SMILES string of the molecule is Cc1cccc(C(=O)N(C)CC(=O)Nc2ccc(Cl)c(Cl)c2)c1I. The van der Waals surface area contributed by atoms with E-state index in [1.807, 2.05) is 19.1 Å². The molecule has 2 amide bonds. The molecule has 0 saturated carbocycles. The molecule has 2 rings (SSSR count). The van der Waals surface area contributed by atoms with Gasteiger partial charge in [0.15, 0.2) is 0 Å². The summed E-state index contributed by atoms with van der Waals surface area (Å²) in [5, 5.41) is 3.46. The Labute approximate surface area is 164 Å². The van der Waals surface area contributed by atoms with Crippen LogP contribution in [0.1, 0.15) is 15.9 Å². The van der Waals surface area contributed by atoms with Crippen molar-refractivity contribution >= 4 is 63.3 Å². The Kier molecular flexibility index (Phi) is 6.48. The van der Waals surface area contributed by atoms with Crippen molar-refractivity contribution in [1.82, 2.24) is 4.90 Å². The minimum atomic E-state index is -0.313. The van der Waals surface area contributed by atoms with Crippen molar-refractivity contribution in [2.24, 2.45) is 0 Å². The fourth-order valence-corrected chi connectivity index (χ4v) is 2.97. The number of carbonyl (C=O) groups is 2. The van der Waals surface area contributed by atoms with Crippen LogP contribution in [0.3, 0.4) is 0 Å². The molecule has 0 atom stereocenters. The molecule has 0 aliphatic rings. The van der Waals surface area contributed by atoms with E-state index >= 15 is 0 Å². The van der Waals surface area contributed by atoms with Crippen LogP contribution in [0.2, 0.25) is 10.0 Å². The minimum absolute atomic E-state index is 0.0664. The van der Waals surface area contributed by atoms with E-state index in [4.69, 9.17) is 23.2 Å². The van der Waals surface area contributed by atoms with Crippen LogP contribution in [-0.4, -0.2) is 30.3 Å². The van der Waals surface area contributed by atoms with Crippen LogP contribution < -0.4 is 5.32 Å². The number of amides is 2. The lowest BCUT2D eigenvalue weighted by Crippen LogP contribution is -2.35. The maximum absolute atomic E-state index is 12.5. The maximum Gasteiger partial charge on any atom is 0.255 e. The van der Waals surface area contributed by atoms with Crippen molar-refractivity contribution in [3.63, 3.8) is 0 Å². The van der Waals surface area contributed by atoms with Gasteiger partial charge in [0.25, 0.3) is 5.91 Å². The highest BCUT2D eigenvalue weighted by atomic mass is 127. The van der Waals surface area contributed by atoms with Crippen molar-refractivity contribution in [1.29, 1.82) is 0 Å². The van der Waals surface area contributed by atoms with Gasteiger partial charge in [0, 0.05) is 16.3 Å². The summed E-state index contributed by atoms with van der Waals surface area (Å²) in [6.07, 6.45) is 0. The van der Waals surface area contributed by atoms with Gasteiger partial charge in [-0.05, 0) is 59.3 Å². The van der Waals surface area contributed by atoms with Gasteiger partial charge in [-0.1, -0.05) is 35.3 Å². The van der Waals surface area contributed by atoms with E-state index in [2.05, 4.69) is 27.9 Å². The Balaban J connectivity index is 2.04. The first-order valence-electron chi connectivity index (χ1n) is 7.05. The van der Waals surface area contributed by atoms with E-state index in [0.717, 1.165) is 9.13 Å². The number of aryl methyl sites for hydroxylation is 1. The van der Waals surface area contributed by atoms with Crippen LogP contribution in [0.4, 0.5) is 5.69 Å². The van der Waals surface area contributed by atoms with Crippen molar-refractivity contribution in [2.75, 3.05) is 18.9 Å². The van der Waals surface area contributed by atoms with Crippen LogP contribution in [0.15, 0.2) is 36.4 Å². The molecule has 0 aromatic heterocycles. The van der Waals surface area contributed by atoms with Gasteiger partial charge in [0.05, 0.1) is 22.2 Å². The molecular formula is C17H15Cl2IN2O2. The van der Waals surface area contributed by atoms with Gasteiger partial charge in [-0.3, -0.25) is 9.59 Å². The maximum atomic E-state index is 12.5. The molecule has 0 bridgehead atoms. The molecule has 0 heterocycles. The van der Waals surface area contributed by atoms with Crippen LogP contribution >= 0.6 is 45.8 Å². The Hall–Kier alpha value is -1.31. The number of rotatable bonds is 4. The highest BCUT2D eigenvalue weighted by Crippen LogP contribution is 2.25. The predicted molar refractivity (Wildman–Crippen MR) is 106 cm³/mol. The minimum Gasteiger partial charge on any atom is -0.332 e. The van der Waals surface area contributed by atoms with Crippen molar-refractivity contribution in [3.05, 3.63) is 61.1 Å². The third-order valence-electron chi connectivity index (χ3n) is 3.35. The molecule has 0 aliphatic carbocycles. The fraction of sp³-hybridized carbons (Fsp3) is 0.176. The van der Waals surface area contributed by atoms with Gasteiger partial charge in [-0.25, -0.2) is 0 Å². The summed E-state index contributed by atoms with van der Waals surface area (Å²) >= 11 is 13.9. The molecule has 4 nitrogen and oxygen atoms in total. The highest BCUT2D eigenvalue weighted by Gasteiger charge is 2.18. The van der Waals surface area contributed by atoms with E-state index in [0.29, 0.717) is 21.3 Å². The number of anilines is 1. The quantitative estimate of drug-likeness (QED) is 0.654. The van der Waals surface area contributed by atoms with Crippen LogP contribution in [0.25, 0.3) is 0 Å². The predicted octanol–water partition coefficient (Wildman–Crippen LogP) is 4.62. The lowest BCUT2D eigenvalue weighted by molar-refractivity contribution is -0.116. The number of nitrogens with one attached hydrogen (secondary N) is 1. The number of nitrogens with zero attached hydrogens (tertiary/aromatic N) is 1. The largest absolute Gasteiger partial charge is 0.332 e. The zero-order valence-corrected chi connectivity index (χ0v) is 16.7. The van der Waals surface area contributed by atoms with E-state index in [1.165, 1.54) is 4.90 Å². The number of hydrogen-bond donors (Lipinski definition) is 1. The average Bonchev–Trinajstić information content (AvgIpc) is 2.52. The summed E-state index contributed by atoms with van der Waals surface area (Å²) in [6.45, 7) is 1.87. The summed E-state index contributed by atoms with van der Waals surface area (Å²) in [6, 6.07) is 10.3. The van der Waals surface area contributed by atoms with Gasteiger partial charge < -0.3 is 10.2 Å². The molecule has 0 radical (unpaired) electrons.